The summed E-state index contributed by atoms with van der Waals surface area (Å²) in [5.41, 5.74) is 2.17. The van der Waals surface area contributed by atoms with Crippen LogP contribution in [0, 0.1) is 0 Å². The van der Waals surface area contributed by atoms with E-state index in [1.165, 1.54) is 0 Å². The number of halogens is 1. The largest absolute Gasteiger partial charge is 0.357 e. The number of aliphatic imine (C=N–C) groups is 1. The smallest absolute Gasteiger partial charge is 0.191 e. The normalized spacial score (nSPS) is 20.6. The van der Waals surface area contributed by atoms with Crippen LogP contribution in [-0.2, 0) is 17.3 Å². The molecule has 2 N–H and O–H groups in total. The first-order chi connectivity index (χ1) is 13.7. The van der Waals surface area contributed by atoms with E-state index in [-0.39, 0.29) is 24.0 Å². The third-order valence-corrected chi connectivity index (χ3v) is 6.81. The summed E-state index contributed by atoms with van der Waals surface area (Å²) in [6, 6.07) is 10.5. The number of guanidine groups is 1. The summed E-state index contributed by atoms with van der Waals surface area (Å²) in [6.07, 6.45) is 7.98. The molecule has 0 radical (unpaired) electrons. The number of nitrogens with one attached hydrogen (secondary N) is 2. The van der Waals surface area contributed by atoms with Crippen LogP contribution in [0.5, 0.6) is 0 Å². The van der Waals surface area contributed by atoms with Gasteiger partial charge in [-0.1, -0.05) is 25.5 Å². The van der Waals surface area contributed by atoms with Crippen molar-refractivity contribution in [3.05, 3.63) is 48.3 Å². The zero-order valence-corrected chi connectivity index (χ0v) is 20.4. The fourth-order valence-electron chi connectivity index (χ4n) is 3.65. The zero-order chi connectivity index (χ0) is 19.8. The highest BCUT2D eigenvalue weighted by atomic mass is 127. The molecule has 0 bridgehead atoms. The van der Waals surface area contributed by atoms with Crippen molar-refractivity contribution >= 4 is 40.7 Å². The Kier molecular flexibility index (Phi) is 10.1. The van der Waals surface area contributed by atoms with Gasteiger partial charge in [-0.05, 0) is 49.9 Å². The quantitative estimate of drug-likeness (QED) is 0.327. The molecule has 8 heteroatoms. The van der Waals surface area contributed by atoms with Crippen LogP contribution in [-0.4, -0.2) is 43.5 Å². The third-order valence-electron chi connectivity index (χ3n) is 5.07. The van der Waals surface area contributed by atoms with Gasteiger partial charge in [-0.3, -0.25) is 4.21 Å². The Bertz CT molecular complexity index is 796. The molecule has 29 heavy (non-hydrogen) atoms. The second-order valence-corrected chi connectivity index (χ2v) is 9.12. The Morgan fingerprint density at radius 3 is 2.90 bits per heavy atom. The van der Waals surface area contributed by atoms with E-state index in [4.69, 9.17) is 4.99 Å². The van der Waals surface area contributed by atoms with Crippen molar-refractivity contribution in [3.63, 3.8) is 0 Å². The fourth-order valence-corrected chi connectivity index (χ4v) is 5.00. The van der Waals surface area contributed by atoms with Gasteiger partial charge in [-0.2, -0.15) is 5.10 Å². The van der Waals surface area contributed by atoms with Crippen LogP contribution in [0.3, 0.4) is 0 Å². The number of rotatable bonds is 7. The number of hydrogen-bond donors (Lipinski definition) is 2. The van der Waals surface area contributed by atoms with Crippen LogP contribution >= 0.6 is 24.0 Å². The van der Waals surface area contributed by atoms with Crippen LogP contribution in [0.15, 0.2) is 47.7 Å². The van der Waals surface area contributed by atoms with Gasteiger partial charge in [0.05, 0.1) is 12.2 Å². The maximum atomic E-state index is 12.2. The maximum Gasteiger partial charge on any atom is 0.191 e. The fraction of sp³-hybridized carbons (Fsp3) is 0.524. The highest BCUT2D eigenvalue weighted by molar-refractivity contribution is 14.0. The lowest BCUT2D eigenvalue weighted by Gasteiger charge is -2.30. The molecule has 0 spiro atoms. The summed E-state index contributed by atoms with van der Waals surface area (Å²) in [7, 11) is -0.712. The van der Waals surface area contributed by atoms with Crippen LogP contribution in [0.2, 0.25) is 0 Å². The Labute approximate surface area is 193 Å². The standard InChI is InChI=1S/C21H31N5OS.HI/c1-3-22-21(25-18-9-6-11-20(15-18)28(27)4-2)23-16-17-8-5-10-19(14-17)26-13-7-12-24-26;/h5,7-8,10,12-14,18,20H,3-4,6,9,11,15-16H2,1-2H3,(H2,22,23,25);1H. The van der Waals surface area contributed by atoms with Gasteiger partial charge >= 0.3 is 0 Å². The number of nitrogens with zero attached hydrogens (tertiary/aromatic N) is 3. The molecule has 1 aliphatic rings. The van der Waals surface area contributed by atoms with Crippen molar-refractivity contribution in [2.45, 2.75) is 57.4 Å². The molecule has 1 aliphatic carbocycles. The first-order valence-electron chi connectivity index (χ1n) is 10.2. The molecular formula is C21H32IN5OS. The molecule has 3 atom stereocenters. The summed E-state index contributed by atoms with van der Waals surface area (Å²) >= 11 is 0. The molecular weight excluding hydrogens is 497 g/mol. The van der Waals surface area contributed by atoms with Gasteiger partial charge in [0, 0.05) is 46.8 Å². The Balaban J connectivity index is 0.00000300. The molecule has 0 amide bonds. The predicted octanol–water partition coefficient (Wildman–Crippen LogP) is 3.63. The lowest BCUT2D eigenvalue weighted by molar-refractivity contribution is 0.413. The van der Waals surface area contributed by atoms with E-state index in [1.807, 2.05) is 36.0 Å². The second-order valence-electron chi connectivity index (χ2n) is 7.11. The number of hydrogen-bond acceptors (Lipinski definition) is 3. The Morgan fingerprint density at radius 2 is 2.17 bits per heavy atom. The summed E-state index contributed by atoms with van der Waals surface area (Å²) in [5.74, 6) is 1.58. The van der Waals surface area contributed by atoms with Crippen molar-refractivity contribution in [1.82, 2.24) is 20.4 Å². The van der Waals surface area contributed by atoms with Crippen molar-refractivity contribution in [2.75, 3.05) is 12.3 Å². The Hall–Kier alpha value is -1.42. The average Bonchev–Trinajstić information content (AvgIpc) is 3.27. The van der Waals surface area contributed by atoms with Crippen LogP contribution in [0.4, 0.5) is 0 Å². The lowest BCUT2D eigenvalue weighted by Crippen LogP contribution is -2.46. The maximum absolute atomic E-state index is 12.2. The third kappa shape index (κ3) is 7.09. The predicted molar refractivity (Wildman–Crippen MR) is 132 cm³/mol. The summed E-state index contributed by atoms with van der Waals surface area (Å²) in [5, 5.41) is 11.5. The van der Waals surface area contributed by atoms with Gasteiger partial charge in [0.25, 0.3) is 0 Å². The van der Waals surface area contributed by atoms with E-state index < -0.39 is 10.8 Å². The van der Waals surface area contributed by atoms with Crippen LogP contribution in [0.1, 0.15) is 45.1 Å². The molecule has 1 saturated carbocycles. The van der Waals surface area contributed by atoms with E-state index in [2.05, 4.69) is 34.8 Å². The van der Waals surface area contributed by atoms with Gasteiger partial charge in [-0.15, -0.1) is 24.0 Å². The second kappa shape index (κ2) is 12.3. The summed E-state index contributed by atoms with van der Waals surface area (Å²) in [4.78, 5) is 4.78. The van der Waals surface area contributed by atoms with E-state index in [9.17, 15) is 4.21 Å². The van der Waals surface area contributed by atoms with E-state index in [1.54, 1.807) is 6.20 Å². The zero-order valence-electron chi connectivity index (χ0n) is 17.2. The molecule has 1 heterocycles. The first kappa shape index (κ1) is 23.9. The Morgan fingerprint density at radius 1 is 1.31 bits per heavy atom. The molecule has 3 rings (SSSR count). The van der Waals surface area contributed by atoms with Gasteiger partial charge in [0.15, 0.2) is 5.96 Å². The highest BCUT2D eigenvalue weighted by Crippen LogP contribution is 2.23. The SMILES string of the molecule is CCNC(=NCc1cccc(-n2cccn2)c1)NC1CCCC(S(=O)CC)C1.I. The molecule has 1 aromatic heterocycles. The van der Waals surface area contributed by atoms with Gasteiger partial charge in [0.1, 0.15) is 0 Å². The molecule has 1 aromatic carbocycles. The van der Waals surface area contributed by atoms with Gasteiger partial charge in [-0.25, -0.2) is 9.67 Å². The van der Waals surface area contributed by atoms with Crippen molar-refractivity contribution < 1.29 is 4.21 Å². The average molecular weight is 529 g/mol. The van der Waals surface area contributed by atoms with Gasteiger partial charge < -0.3 is 10.6 Å². The summed E-state index contributed by atoms with van der Waals surface area (Å²) < 4.78 is 14.0. The number of benzene rings is 1. The molecule has 2 aromatic rings. The monoisotopic (exact) mass is 529 g/mol. The molecule has 1 fully saturated rings. The van der Waals surface area contributed by atoms with Crippen LogP contribution in [0.25, 0.3) is 5.69 Å². The molecule has 6 nitrogen and oxygen atoms in total. The molecule has 0 aliphatic heterocycles. The van der Waals surface area contributed by atoms with E-state index in [0.29, 0.717) is 17.8 Å². The molecule has 160 valence electrons. The van der Waals surface area contributed by atoms with E-state index in [0.717, 1.165) is 55.2 Å². The van der Waals surface area contributed by atoms with E-state index >= 15 is 0 Å². The minimum Gasteiger partial charge on any atom is -0.357 e. The van der Waals surface area contributed by atoms with Crippen molar-refractivity contribution in [2.24, 2.45) is 4.99 Å². The topological polar surface area (TPSA) is 71.3 Å². The van der Waals surface area contributed by atoms with Gasteiger partial charge in [0.2, 0.25) is 0 Å². The lowest BCUT2D eigenvalue weighted by atomic mass is 9.95. The summed E-state index contributed by atoms with van der Waals surface area (Å²) in [6.45, 7) is 5.50. The van der Waals surface area contributed by atoms with Crippen molar-refractivity contribution in [3.8, 4) is 5.69 Å². The highest BCUT2D eigenvalue weighted by Gasteiger charge is 2.26. The minimum atomic E-state index is -0.712. The molecule has 3 unspecified atom stereocenters. The molecule has 0 saturated heterocycles. The first-order valence-corrected chi connectivity index (χ1v) is 11.6. The van der Waals surface area contributed by atoms with Crippen molar-refractivity contribution in [1.29, 1.82) is 0 Å². The van der Waals surface area contributed by atoms with Crippen LogP contribution < -0.4 is 10.6 Å². The number of aromatic nitrogens is 2. The minimum absolute atomic E-state index is 0.